The van der Waals surface area contributed by atoms with E-state index in [1.54, 1.807) is 24.3 Å². The molecule has 0 spiro atoms. The van der Waals surface area contributed by atoms with Crippen molar-refractivity contribution >= 4 is 23.0 Å². The number of methoxy groups -OCH3 is 1. The molecule has 0 atom stereocenters. The Morgan fingerprint density at radius 3 is 2.51 bits per heavy atom. The number of aliphatic hydroxyl groups is 1. The van der Waals surface area contributed by atoms with Crippen LogP contribution in [0.25, 0.3) is 16.7 Å². The van der Waals surface area contributed by atoms with E-state index in [0.29, 0.717) is 35.1 Å². The highest BCUT2D eigenvalue weighted by Gasteiger charge is 2.38. The van der Waals surface area contributed by atoms with E-state index in [1.807, 2.05) is 0 Å². The number of ether oxygens (including phenoxy) is 1. The monoisotopic (exact) mass is 497 g/mol. The van der Waals surface area contributed by atoms with Gasteiger partial charge in [0, 0.05) is 0 Å². The standard InChI is InChI=1S/C19H21N5O4.C2HF3O2/c1-28-18(26)13-3-2-4-14(9-13)24-16-15(10-22-24)17(25)23(12-21-16)11-19(27)5-7-20-8-6-19;3-2(4,5)1(6)7/h2-4,9-10,12,20,27H,5-8,11H2,1H3;(H,6,7). The Labute approximate surface area is 195 Å². The minimum absolute atomic E-state index is 0.194. The first-order chi connectivity index (χ1) is 16.4. The van der Waals surface area contributed by atoms with Gasteiger partial charge in [0.2, 0.25) is 0 Å². The van der Waals surface area contributed by atoms with Gasteiger partial charge >= 0.3 is 18.1 Å². The number of alkyl halides is 3. The maximum Gasteiger partial charge on any atom is 0.490 e. The van der Waals surface area contributed by atoms with E-state index in [9.17, 15) is 27.9 Å². The van der Waals surface area contributed by atoms with Gasteiger partial charge in [-0.15, -0.1) is 0 Å². The SMILES string of the molecule is COC(=O)c1cccc(-n2ncc3c(=O)n(CC4(O)CCNCC4)cnc32)c1.O=C(O)C(F)(F)F. The summed E-state index contributed by atoms with van der Waals surface area (Å²) < 4.78 is 39.4. The number of aliphatic carboxylic acids is 1. The van der Waals surface area contributed by atoms with Crippen molar-refractivity contribution in [1.82, 2.24) is 24.6 Å². The largest absolute Gasteiger partial charge is 0.490 e. The van der Waals surface area contributed by atoms with Crippen LogP contribution in [0.1, 0.15) is 23.2 Å². The maximum atomic E-state index is 12.9. The second-order valence-corrected chi connectivity index (χ2v) is 7.79. The van der Waals surface area contributed by atoms with Gasteiger partial charge in [0.25, 0.3) is 5.56 Å². The second kappa shape index (κ2) is 10.2. The molecule has 1 aliphatic rings. The summed E-state index contributed by atoms with van der Waals surface area (Å²) in [5, 5.41) is 25.7. The Balaban J connectivity index is 0.000000429. The summed E-state index contributed by atoms with van der Waals surface area (Å²) in [4.78, 5) is 37.9. The van der Waals surface area contributed by atoms with Gasteiger partial charge in [-0.05, 0) is 44.1 Å². The summed E-state index contributed by atoms with van der Waals surface area (Å²) >= 11 is 0. The number of rotatable bonds is 4. The van der Waals surface area contributed by atoms with E-state index in [0.717, 1.165) is 13.1 Å². The highest BCUT2D eigenvalue weighted by Crippen LogP contribution is 2.21. The highest BCUT2D eigenvalue weighted by atomic mass is 19.4. The number of halogens is 3. The average molecular weight is 497 g/mol. The van der Waals surface area contributed by atoms with Crippen LogP contribution in [0.2, 0.25) is 0 Å². The molecular formula is C21H22F3N5O6. The Bertz CT molecular complexity index is 1280. The van der Waals surface area contributed by atoms with Crippen molar-refractivity contribution in [2.45, 2.75) is 31.2 Å². The lowest BCUT2D eigenvalue weighted by molar-refractivity contribution is -0.192. The van der Waals surface area contributed by atoms with Gasteiger partial charge < -0.3 is 20.3 Å². The first-order valence-corrected chi connectivity index (χ1v) is 10.3. The molecule has 0 aliphatic carbocycles. The molecule has 35 heavy (non-hydrogen) atoms. The zero-order valence-corrected chi connectivity index (χ0v) is 18.4. The highest BCUT2D eigenvalue weighted by molar-refractivity contribution is 5.90. The number of fused-ring (bicyclic) bond motifs is 1. The van der Waals surface area contributed by atoms with Crippen molar-refractivity contribution < 1.29 is 37.7 Å². The van der Waals surface area contributed by atoms with Crippen molar-refractivity contribution in [3.05, 3.63) is 52.7 Å². The second-order valence-electron chi connectivity index (χ2n) is 7.79. The van der Waals surface area contributed by atoms with Gasteiger partial charge in [-0.1, -0.05) is 6.07 Å². The van der Waals surface area contributed by atoms with Crippen molar-refractivity contribution in [2.75, 3.05) is 20.2 Å². The zero-order valence-electron chi connectivity index (χ0n) is 18.4. The lowest BCUT2D eigenvalue weighted by Gasteiger charge is -2.32. The fourth-order valence-corrected chi connectivity index (χ4v) is 3.50. The van der Waals surface area contributed by atoms with Crippen LogP contribution in [0.15, 0.2) is 41.6 Å². The van der Waals surface area contributed by atoms with Crippen LogP contribution >= 0.6 is 0 Å². The number of nitrogens with one attached hydrogen (secondary N) is 1. The minimum Gasteiger partial charge on any atom is -0.475 e. The molecule has 0 saturated carbocycles. The van der Waals surface area contributed by atoms with Gasteiger partial charge in [-0.2, -0.15) is 18.3 Å². The van der Waals surface area contributed by atoms with Gasteiger partial charge in [0.1, 0.15) is 11.7 Å². The molecule has 0 radical (unpaired) electrons. The topological polar surface area (TPSA) is 149 Å². The first-order valence-electron chi connectivity index (χ1n) is 10.3. The Hall–Kier alpha value is -3.78. The number of benzene rings is 1. The lowest BCUT2D eigenvalue weighted by Crippen LogP contribution is -2.46. The molecule has 3 aromatic rings. The van der Waals surface area contributed by atoms with Crippen molar-refractivity contribution in [3.8, 4) is 5.69 Å². The fourth-order valence-electron chi connectivity index (χ4n) is 3.50. The number of esters is 1. The summed E-state index contributed by atoms with van der Waals surface area (Å²) in [7, 11) is 1.32. The summed E-state index contributed by atoms with van der Waals surface area (Å²) in [6.45, 7) is 1.63. The van der Waals surface area contributed by atoms with E-state index < -0.39 is 23.7 Å². The number of nitrogens with zero attached hydrogens (tertiary/aromatic N) is 4. The van der Waals surface area contributed by atoms with E-state index >= 15 is 0 Å². The van der Waals surface area contributed by atoms with Crippen molar-refractivity contribution in [1.29, 1.82) is 0 Å². The maximum absolute atomic E-state index is 12.9. The smallest absolute Gasteiger partial charge is 0.475 e. The van der Waals surface area contributed by atoms with Crippen molar-refractivity contribution in [2.24, 2.45) is 0 Å². The number of hydrogen-bond acceptors (Lipinski definition) is 8. The van der Waals surface area contributed by atoms with E-state index in [1.165, 1.54) is 28.9 Å². The third kappa shape index (κ3) is 6.02. The summed E-state index contributed by atoms with van der Waals surface area (Å²) in [6, 6.07) is 6.75. The van der Waals surface area contributed by atoms with E-state index in [4.69, 9.17) is 14.6 Å². The summed E-state index contributed by atoms with van der Waals surface area (Å²) in [5.41, 5.74) is 0.187. The lowest BCUT2D eigenvalue weighted by atomic mass is 9.92. The molecule has 1 aromatic carbocycles. The third-order valence-corrected chi connectivity index (χ3v) is 5.31. The number of carbonyl (C=O) groups is 2. The van der Waals surface area contributed by atoms with Gasteiger partial charge in [-0.25, -0.2) is 19.3 Å². The molecule has 188 valence electrons. The number of aromatic nitrogens is 4. The Morgan fingerprint density at radius 1 is 1.26 bits per heavy atom. The molecular weight excluding hydrogens is 475 g/mol. The number of hydrogen-bond donors (Lipinski definition) is 3. The number of piperidine rings is 1. The van der Waals surface area contributed by atoms with Crippen LogP contribution < -0.4 is 10.9 Å². The summed E-state index contributed by atoms with van der Waals surface area (Å²) in [5.74, 6) is -3.21. The van der Waals surface area contributed by atoms with Gasteiger partial charge in [0.15, 0.2) is 5.65 Å². The minimum atomic E-state index is -5.08. The summed E-state index contributed by atoms with van der Waals surface area (Å²) in [6.07, 6.45) is -1.03. The van der Waals surface area contributed by atoms with Crippen LogP contribution in [-0.2, 0) is 16.1 Å². The molecule has 0 amide bonds. The van der Waals surface area contributed by atoms with E-state index in [2.05, 4.69) is 15.4 Å². The normalized spacial score (nSPS) is 15.2. The number of carbonyl (C=O) groups excluding carboxylic acids is 1. The molecule has 1 saturated heterocycles. The van der Waals surface area contributed by atoms with Crippen LogP contribution in [-0.4, -0.2) is 73.5 Å². The molecule has 3 heterocycles. The molecule has 2 aromatic heterocycles. The van der Waals surface area contributed by atoms with Crippen LogP contribution in [0.5, 0.6) is 0 Å². The first kappa shape index (κ1) is 25.8. The average Bonchev–Trinajstić information content (AvgIpc) is 3.25. The molecule has 11 nitrogen and oxygen atoms in total. The number of carboxylic acid groups (broad SMARTS) is 1. The van der Waals surface area contributed by atoms with Crippen molar-refractivity contribution in [3.63, 3.8) is 0 Å². The fraction of sp³-hybridized carbons (Fsp3) is 0.381. The number of carboxylic acids is 1. The molecule has 0 unspecified atom stereocenters. The Morgan fingerprint density at radius 2 is 1.91 bits per heavy atom. The van der Waals surface area contributed by atoms with E-state index in [-0.39, 0.29) is 12.1 Å². The predicted octanol–water partition coefficient (Wildman–Crippen LogP) is 1.12. The molecule has 14 heteroatoms. The molecule has 3 N–H and O–H groups in total. The third-order valence-electron chi connectivity index (χ3n) is 5.31. The molecule has 0 bridgehead atoms. The molecule has 1 fully saturated rings. The van der Waals surface area contributed by atoms with Crippen LogP contribution in [0, 0.1) is 0 Å². The Kier molecular flexibility index (Phi) is 7.55. The van der Waals surface area contributed by atoms with Gasteiger partial charge in [-0.3, -0.25) is 9.36 Å². The molecule has 1 aliphatic heterocycles. The molecule has 4 rings (SSSR count). The van der Waals surface area contributed by atoms with Gasteiger partial charge in [0.05, 0.1) is 36.7 Å². The van der Waals surface area contributed by atoms with Crippen LogP contribution in [0.3, 0.4) is 0 Å². The quantitative estimate of drug-likeness (QED) is 0.451. The zero-order chi connectivity index (χ0) is 25.8. The van der Waals surface area contributed by atoms with Crippen LogP contribution in [0.4, 0.5) is 13.2 Å². The predicted molar refractivity (Wildman–Crippen MR) is 115 cm³/mol.